The van der Waals surface area contributed by atoms with Gasteiger partial charge in [-0.05, 0) is 24.8 Å². The third-order valence-electron chi connectivity index (χ3n) is 4.40. The molecule has 1 fully saturated rings. The summed E-state index contributed by atoms with van der Waals surface area (Å²) in [4.78, 5) is 4.76. The van der Waals surface area contributed by atoms with Crippen molar-refractivity contribution in [3.05, 3.63) is 11.6 Å². The summed E-state index contributed by atoms with van der Waals surface area (Å²) in [5.41, 5.74) is 6.34. The molecule has 1 aromatic heterocycles. The first kappa shape index (κ1) is 14.5. The Bertz CT molecular complexity index is 422. The van der Waals surface area contributed by atoms with Crippen molar-refractivity contribution in [1.82, 2.24) is 14.8 Å². The van der Waals surface area contributed by atoms with Crippen molar-refractivity contribution in [1.29, 1.82) is 0 Å². The summed E-state index contributed by atoms with van der Waals surface area (Å²) in [7, 11) is 2.00. The maximum atomic E-state index is 6.07. The van der Waals surface area contributed by atoms with Crippen LogP contribution in [-0.4, -0.2) is 21.3 Å². The second-order valence-electron chi connectivity index (χ2n) is 7.17. The van der Waals surface area contributed by atoms with Crippen molar-refractivity contribution < 1.29 is 0 Å². The number of nitrogens with two attached hydrogens (primary N) is 1. The third kappa shape index (κ3) is 3.16. The van der Waals surface area contributed by atoms with E-state index in [4.69, 9.17) is 10.7 Å². The predicted octanol–water partition coefficient (Wildman–Crippen LogP) is 2.56. The van der Waals surface area contributed by atoms with E-state index in [-0.39, 0.29) is 10.8 Å². The quantitative estimate of drug-likeness (QED) is 0.913. The lowest BCUT2D eigenvalue weighted by atomic mass is 9.71. The highest BCUT2D eigenvalue weighted by atomic mass is 15.3. The zero-order chi connectivity index (χ0) is 14.1. The number of aromatic nitrogens is 3. The lowest BCUT2D eigenvalue weighted by Gasteiger charge is -2.35. The molecule has 4 nitrogen and oxygen atoms in total. The molecule has 1 aromatic rings. The molecule has 19 heavy (non-hydrogen) atoms. The van der Waals surface area contributed by atoms with Gasteiger partial charge in [-0.15, -0.1) is 0 Å². The smallest absolute Gasteiger partial charge is 0.156 e. The van der Waals surface area contributed by atoms with Gasteiger partial charge in [0.05, 0.1) is 0 Å². The molecular weight excluding hydrogens is 236 g/mol. The van der Waals surface area contributed by atoms with Crippen molar-refractivity contribution in [3.63, 3.8) is 0 Å². The molecule has 4 heteroatoms. The van der Waals surface area contributed by atoms with E-state index in [9.17, 15) is 0 Å². The Hall–Kier alpha value is -0.900. The van der Waals surface area contributed by atoms with E-state index >= 15 is 0 Å². The lowest BCUT2D eigenvalue weighted by Crippen LogP contribution is -2.35. The molecular formula is C15H28N4. The summed E-state index contributed by atoms with van der Waals surface area (Å²) in [5.74, 6) is 2.03. The lowest BCUT2D eigenvalue weighted by molar-refractivity contribution is 0.191. The highest BCUT2D eigenvalue weighted by molar-refractivity contribution is 5.05. The van der Waals surface area contributed by atoms with Gasteiger partial charge in [0.1, 0.15) is 5.82 Å². The van der Waals surface area contributed by atoms with Crippen LogP contribution in [0.2, 0.25) is 0 Å². The second kappa shape index (κ2) is 5.23. The normalized spacial score (nSPS) is 19.6. The Morgan fingerprint density at radius 3 is 2.32 bits per heavy atom. The summed E-state index contributed by atoms with van der Waals surface area (Å²) in [6, 6.07) is 0. The van der Waals surface area contributed by atoms with Gasteiger partial charge in [0.15, 0.2) is 5.82 Å². The fourth-order valence-corrected chi connectivity index (χ4v) is 2.98. The monoisotopic (exact) mass is 264 g/mol. The van der Waals surface area contributed by atoms with Crippen LogP contribution in [0.1, 0.15) is 64.5 Å². The molecule has 0 atom stereocenters. The minimum Gasteiger partial charge on any atom is -0.330 e. The molecule has 0 unspecified atom stereocenters. The fraction of sp³-hybridized carbons (Fsp3) is 0.867. The van der Waals surface area contributed by atoms with Gasteiger partial charge in [-0.1, -0.05) is 40.0 Å². The van der Waals surface area contributed by atoms with E-state index < -0.39 is 0 Å². The van der Waals surface area contributed by atoms with Crippen LogP contribution in [0.15, 0.2) is 0 Å². The number of aryl methyl sites for hydroxylation is 1. The standard InChI is InChI=1S/C15H28N4/c1-14(2,3)13-17-12(19(4)18-13)10-15(11-16)8-6-5-7-9-15/h5-11,16H2,1-4H3. The van der Waals surface area contributed by atoms with Gasteiger partial charge < -0.3 is 5.73 Å². The first-order chi connectivity index (χ1) is 8.86. The largest absolute Gasteiger partial charge is 0.330 e. The van der Waals surface area contributed by atoms with Crippen molar-refractivity contribution >= 4 is 0 Å². The van der Waals surface area contributed by atoms with Crippen LogP contribution in [0.5, 0.6) is 0 Å². The summed E-state index contributed by atoms with van der Waals surface area (Å²) in [6.07, 6.45) is 7.42. The minimum atomic E-state index is 0.0124. The van der Waals surface area contributed by atoms with Gasteiger partial charge in [-0.25, -0.2) is 4.98 Å². The Labute approximate surface area is 116 Å². The zero-order valence-corrected chi connectivity index (χ0v) is 12.9. The van der Waals surface area contributed by atoms with E-state index in [0.29, 0.717) is 0 Å². The summed E-state index contributed by atoms with van der Waals surface area (Å²) in [5, 5.41) is 4.58. The Morgan fingerprint density at radius 1 is 1.21 bits per heavy atom. The van der Waals surface area contributed by atoms with Crippen LogP contribution in [0.25, 0.3) is 0 Å². The van der Waals surface area contributed by atoms with Gasteiger partial charge in [0.25, 0.3) is 0 Å². The van der Waals surface area contributed by atoms with E-state index in [0.717, 1.165) is 24.6 Å². The van der Waals surface area contributed by atoms with Gasteiger partial charge in [0.2, 0.25) is 0 Å². The fourth-order valence-electron chi connectivity index (χ4n) is 2.98. The minimum absolute atomic E-state index is 0.0124. The first-order valence-electron chi connectivity index (χ1n) is 7.47. The molecule has 1 aliphatic rings. The molecule has 0 bridgehead atoms. The summed E-state index contributed by atoms with van der Waals surface area (Å²) >= 11 is 0. The highest BCUT2D eigenvalue weighted by Crippen LogP contribution is 2.38. The molecule has 2 rings (SSSR count). The molecule has 2 N–H and O–H groups in total. The molecule has 0 amide bonds. The molecule has 0 spiro atoms. The molecule has 0 saturated heterocycles. The SMILES string of the molecule is Cn1nc(C(C)(C)C)nc1CC1(CN)CCCCC1. The molecule has 0 aliphatic heterocycles. The van der Waals surface area contributed by atoms with E-state index in [1.165, 1.54) is 32.1 Å². The van der Waals surface area contributed by atoms with Crippen LogP contribution in [0, 0.1) is 5.41 Å². The predicted molar refractivity (Wildman–Crippen MR) is 78.0 cm³/mol. The van der Waals surface area contributed by atoms with Gasteiger partial charge in [-0.2, -0.15) is 5.10 Å². The Kier molecular flexibility index (Phi) is 4.00. The van der Waals surface area contributed by atoms with E-state index in [1.54, 1.807) is 0 Å². The van der Waals surface area contributed by atoms with Crippen molar-refractivity contribution in [3.8, 4) is 0 Å². The molecule has 0 radical (unpaired) electrons. The average Bonchev–Trinajstić information content (AvgIpc) is 2.72. The summed E-state index contributed by atoms with van der Waals surface area (Å²) < 4.78 is 1.95. The first-order valence-corrected chi connectivity index (χ1v) is 7.47. The van der Waals surface area contributed by atoms with Crippen molar-refractivity contribution in [2.45, 2.75) is 64.7 Å². The van der Waals surface area contributed by atoms with Crippen LogP contribution < -0.4 is 5.73 Å². The molecule has 0 aromatic carbocycles. The molecule has 1 aliphatic carbocycles. The summed E-state index contributed by atoms with van der Waals surface area (Å²) in [6.45, 7) is 7.24. The van der Waals surface area contributed by atoms with Gasteiger partial charge >= 0.3 is 0 Å². The van der Waals surface area contributed by atoms with E-state index in [2.05, 4.69) is 25.9 Å². The van der Waals surface area contributed by atoms with Crippen LogP contribution in [0.4, 0.5) is 0 Å². The number of hydrogen-bond acceptors (Lipinski definition) is 3. The number of hydrogen-bond donors (Lipinski definition) is 1. The topological polar surface area (TPSA) is 56.7 Å². The highest BCUT2D eigenvalue weighted by Gasteiger charge is 2.33. The molecule has 1 saturated carbocycles. The molecule has 1 heterocycles. The Morgan fingerprint density at radius 2 is 1.84 bits per heavy atom. The second-order valence-corrected chi connectivity index (χ2v) is 7.17. The number of nitrogens with zero attached hydrogens (tertiary/aromatic N) is 3. The van der Waals surface area contributed by atoms with E-state index in [1.807, 2.05) is 11.7 Å². The maximum absolute atomic E-state index is 6.07. The van der Waals surface area contributed by atoms with Crippen LogP contribution >= 0.6 is 0 Å². The van der Waals surface area contributed by atoms with Crippen molar-refractivity contribution in [2.75, 3.05) is 6.54 Å². The Balaban J connectivity index is 2.20. The molecule has 108 valence electrons. The van der Waals surface area contributed by atoms with Crippen molar-refractivity contribution in [2.24, 2.45) is 18.2 Å². The average molecular weight is 264 g/mol. The zero-order valence-electron chi connectivity index (χ0n) is 12.9. The maximum Gasteiger partial charge on any atom is 0.156 e. The van der Waals surface area contributed by atoms with Gasteiger partial charge in [-0.3, -0.25) is 4.68 Å². The van der Waals surface area contributed by atoms with Crippen LogP contribution in [-0.2, 0) is 18.9 Å². The van der Waals surface area contributed by atoms with Gasteiger partial charge in [0, 0.05) is 18.9 Å². The number of rotatable bonds is 3. The third-order valence-corrected chi connectivity index (χ3v) is 4.40. The van der Waals surface area contributed by atoms with Crippen LogP contribution in [0.3, 0.4) is 0 Å².